The van der Waals surface area contributed by atoms with Crippen LogP contribution < -0.4 is 0 Å². The molecule has 0 N–H and O–H groups in total. The molecule has 152 valence electrons. The van der Waals surface area contributed by atoms with E-state index in [-0.39, 0.29) is 0 Å². The lowest BCUT2D eigenvalue weighted by atomic mass is 10.0. The minimum atomic E-state index is 0.740. The van der Waals surface area contributed by atoms with Crippen molar-refractivity contribution in [2.75, 3.05) is 0 Å². The molecule has 0 fully saturated rings. The van der Waals surface area contributed by atoms with Crippen LogP contribution in [0.5, 0.6) is 0 Å². The molecule has 0 radical (unpaired) electrons. The Bertz CT molecular complexity index is 1570. The van der Waals surface area contributed by atoms with E-state index in [2.05, 4.69) is 101 Å². The SMILES string of the molecule is Brc1cccc(-c2nc(-c3ccc(-c4ccccc4)cc3)c3sc4ccccc4c3n2)c1. The molecular formula is C28H17BrN2S. The van der Waals surface area contributed by atoms with E-state index < -0.39 is 0 Å². The molecular weight excluding hydrogens is 476 g/mol. The van der Waals surface area contributed by atoms with Gasteiger partial charge in [-0.05, 0) is 29.3 Å². The van der Waals surface area contributed by atoms with Gasteiger partial charge in [-0.2, -0.15) is 0 Å². The number of rotatable bonds is 3. The van der Waals surface area contributed by atoms with Gasteiger partial charge in [0.05, 0.1) is 15.9 Å². The summed E-state index contributed by atoms with van der Waals surface area (Å²) in [4.78, 5) is 10.1. The third-order valence-electron chi connectivity index (χ3n) is 5.57. The number of benzene rings is 4. The average Bonchev–Trinajstić information content (AvgIpc) is 3.23. The Labute approximate surface area is 198 Å². The Morgan fingerprint density at radius 1 is 0.594 bits per heavy atom. The standard InChI is InChI=1S/C28H17BrN2S/c29-22-10-6-9-21(17-22)28-30-25(27-26(31-28)23-11-4-5-12-24(23)32-27)20-15-13-19(14-16-20)18-7-2-1-3-8-18/h1-17H. The van der Waals surface area contributed by atoms with Gasteiger partial charge in [-0.3, -0.25) is 0 Å². The summed E-state index contributed by atoms with van der Waals surface area (Å²) in [6.07, 6.45) is 0. The number of thiophene rings is 1. The zero-order valence-corrected chi connectivity index (χ0v) is 19.4. The molecule has 0 spiro atoms. The maximum Gasteiger partial charge on any atom is 0.160 e. The molecule has 32 heavy (non-hydrogen) atoms. The first-order valence-electron chi connectivity index (χ1n) is 10.4. The van der Waals surface area contributed by atoms with Crippen LogP contribution in [0.15, 0.2) is 108 Å². The van der Waals surface area contributed by atoms with Crippen LogP contribution in [0.3, 0.4) is 0 Å². The van der Waals surface area contributed by atoms with E-state index in [4.69, 9.17) is 9.97 Å². The van der Waals surface area contributed by atoms with Gasteiger partial charge in [0, 0.05) is 25.7 Å². The monoisotopic (exact) mass is 492 g/mol. The third kappa shape index (κ3) is 3.42. The topological polar surface area (TPSA) is 25.8 Å². The molecule has 0 unspecified atom stereocenters. The van der Waals surface area contributed by atoms with Crippen molar-refractivity contribution < 1.29 is 0 Å². The van der Waals surface area contributed by atoms with Gasteiger partial charge in [0.1, 0.15) is 0 Å². The predicted molar refractivity (Wildman–Crippen MR) is 139 cm³/mol. The van der Waals surface area contributed by atoms with E-state index in [0.717, 1.165) is 37.3 Å². The highest BCUT2D eigenvalue weighted by atomic mass is 79.9. The smallest absolute Gasteiger partial charge is 0.160 e. The average molecular weight is 493 g/mol. The van der Waals surface area contributed by atoms with Crippen LogP contribution in [-0.2, 0) is 0 Å². The van der Waals surface area contributed by atoms with Gasteiger partial charge in [0.25, 0.3) is 0 Å². The molecule has 4 heteroatoms. The fraction of sp³-hybridized carbons (Fsp3) is 0. The van der Waals surface area contributed by atoms with E-state index in [1.54, 1.807) is 11.3 Å². The summed E-state index contributed by atoms with van der Waals surface area (Å²) < 4.78 is 3.37. The zero-order chi connectivity index (χ0) is 21.5. The second-order valence-corrected chi connectivity index (χ2v) is 9.59. The molecule has 0 amide bonds. The molecule has 4 aromatic carbocycles. The van der Waals surface area contributed by atoms with E-state index in [1.165, 1.54) is 21.2 Å². The summed E-state index contributed by atoms with van der Waals surface area (Å²) in [5, 5.41) is 1.17. The Balaban J connectivity index is 1.58. The fourth-order valence-electron chi connectivity index (χ4n) is 3.99. The Kier molecular flexibility index (Phi) is 4.82. The Morgan fingerprint density at radius 2 is 1.28 bits per heavy atom. The van der Waals surface area contributed by atoms with Crippen LogP contribution >= 0.6 is 27.3 Å². The van der Waals surface area contributed by atoms with Gasteiger partial charge in [-0.25, -0.2) is 9.97 Å². The molecule has 0 aliphatic rings. The fourth-order valence-corrected chi connectivity index (χ4v) is 5.55. The maximum atomic E-state index is 5.06. The number of hydrogen-bond donors (Lipinski definition) is 0. The highest BCUT2D eigenvalue weighted by Gasteiger charge is 2.16. The van der Waals surface area contributed by atoms with Gasteiger partial charge >= 0.3 is 0 Å². The van der Waals surface area contributed by atoms with Crippen molar-refractivity contribution in [3.8, 4) is 33.8 Å². The van der Waals surface area contributed by atoms with Crippen LogP contribution in [0.2, 0.25) is 0 Å². The minimum Gasteiger partial charge on any atom is -0.226 e. The lowest BCUT2D eigenvalue weighted by Gasteiger charge is -2.08. The summed E-state index contributed by atoms with van der Waals surface area (Å²) in [5.74, 6) is 0.740. The van der Waals surface area contributed by atoms with Crippen molar-refractivity contribution in [1.29, 1.82) is 0 Å². The number of nitrogens with zero attached hydrogens (tertiary/aromatic N) is 2. The van der Waals surface area contributed by atoms with Gasteiger partial charge in [-0.15, -0.1) is 11.3 Å². The molecule has 0 aliphatic carbocycles. The van der Waals surface area contributed by atoms with Crippen LogP contribution in [-0.4, -0.2) is 9.97 Å². The molecule has 0 bridgehead atoms. The van der Waals surface area contributed by atoms with Gasteiger partial charge in [0.15, 0.2) is 5.82 Å². The number of aromatic nitrogens is 2. The third-order valence-corrected chi connectivity index (χ3v) is 7.23. The van der Waals surface area contributed by atoms with Crippen LogP contribution in [0.25, 0.3) is 54.1 Å². The lowest BCUT2D eigenvalue weighted by molar-refractivity contribution is 1.24. The van der Waals surface area contributed by atoms with E-state index in [9.17, 15) is 0 Å². The summed E-state index contributed by atoms with van der Waals surface area (Å²) in [5.41, 5.74) is 6.49. The molecule has 6 aromatic rings. The zero-order valence-electron chi connectivity index (χ0n) is 17.0. The quantitative estimate of drug-likeness (QED) is 0.247. The minimum absolute atomic E-state index is 0.740. The molecule has 0 saturated heterocycles. The van der Waals surface area contributed by atoms with Gasteiger partial charge in [0.2, 0.25) is 0 Å². The van der Waals surface area contributed by atoms with E-state index in [0.29, 0.717) is 0 Å². The first-order valence-corrected chi connectivity index (χ1v) is 12.0. The van der Waals surface area contributed by atoms with Crippen LogP contribution in [0.1, 0.15) is 0 Å². The molecule has 0 aliphatic heterocycles. The number of fused-ring (bicyclic) bond motifs is 3. The van der Waals surface area contributed by atoms with Crippen molar-refractivity contribution in [3.05, 3.63) is 108 Å². The lowest BCUT2D eigenvalue weighted by Crippen LogP contribution is -1.93. The van der Waals surface area contributed by atoms with Crippen LogP contribution in [0.4, 0.5) is 0 Å². The van der Waals surface area contributed by atoms with Crippen molar-refractivity contribution in [2.24, 2.45) is 0 Å². The summed E-state index contributed by atoms with van der Waals surface area (Å²) >= 11 is 5.34. The molecule has 0 saturated carbocycles. The Morgan fingerprint density at radius 3 is 2.09 bits per heavy atom. The predicted octanol–water partition coefficient (Wildman–Crippen LogP) is 8.61. The second kappa shape index (κ2) is 7.97. The highest BCUT2D eigenvalue weighted by Crippen LogP contribution is 2.39. The molecule has 2 nitrogen and oxygen atoms in total. The summed E-state index contributed by atoms with van der Waals surface area (Å²) in [6, 6.07) is 35.7. The Hall–Kier alpha value is -3.34. The first kappa shape index (κ1) is 19.4. The largest absolute Gasteiger partial charge is 0.226 e. The highest BCUT2D eigenvalue weighted by molar-refractivity contribution is 9.10. The van der Waals surface area contributed by atoms with Crippen molar-refractivity contribution in [1.82, 2.24) is 9.97 Å². The van der Waals surface area contributed by atoms with Crippen LogP contribution in [0, 0.1) is 0 Å². The van der Waals surface area contributed by atoms with E-state index in [1.807, 2.05) is 18.2 Å². The first-order chi connectivity index (χ1) is 15.8. The molecule has 6 rings (SSSR count). The molecule has 0 atom stereocenters. The van der Waals surface area contributed by atoms with E-state index >= 15 is 0 Å². The maximum absolute atomic E-state index is 5.06. The molecule has 2 heterocycles. The second-order valence-electron chi connectivity index (χ2n) is 7.63. The number of halogens is 1. The summed E-state index contributed by atoms with van der Waals surface area (Å²) in [6.45, 7) is 0. The van der Waals surface area contributed by atoms with Gasteiger partial charge < -0.3 is 0 Å². The van der Waals surface area contributed by atoms with Crippen molar-refractivity contribution in [2.45, 2.75) is 0 Å². The van der Waals surface area contributed by atoms with Crippen molar-refractivity contribution in [3.63, 3.8) is 0 Å². The van der Waals surface area contributed by atoms with Crippen molar-refractivity contribution >= 4 is 47.6 Å². The normalized spacial score (nSPS) is 11.3. The van der Waals surface area contributed by atoms with Gasteiger partial charge in [-0.1, -0.05) is 101 Å². The molecule has 2 aromatic heterocycles. The number of hydrogen-bond acceptors (Lipinski definition) is 3. The summed E-state index contributed by atoms with van der Waals surface area (Å²) in [7, 11) is 0.